The summed E-state index contributed by atoms with van der Waals surface area (Å²) >= 11 is 1.15. The molecule has 144 valence electrons. The van der Waals surface area contributed by atoms with E-state index >= 15 is 0 Å². The first-order chi connectivity index (χ1) is 13.5. The Hall–Kier alpha value is -3.00. The highest BCUT2D eigenvalue weighted by Gasteiger charge is 2.22. The minimum atomic E-state index is -0.827. The molecule has 0 unspecified atom stereocenters. The third-order valence-corrected chi connectivity index (χ3v) is 5.00. The Morgan fingerprint density at radius 2 is 1.86 bits per heavy atom. The van der Waals surface area contributed by atoms with Crippen LogP contribution in [0.5, 0.6) is 0 Å². The van der Waals surface area contributed by atoms with Gasteiger partial charge in [-0.1, -0.05) is 54.2 Å². The van der Waals surface area contributed by atoms with Gasteiger partial charge in [0, 0.05) is 12.1 Å². The van der Waals surface area contributed by atoms with Gasteiger partial charge in [-0.15, -0.1) is 16.8 Å². The van der Waals surface area contributed by atoms with Gasteiger partial charge in [-0.25, -0.2) is 8.78 Å². The number of hydrogen-bond donors (Lipinski definition) is 1. The lowest BCUT2D eigenvalue weighted by molar-refractivity contribution is -0.115. The third kappa shape index (κ3) is 4.28. The molecule has 0 aliphatic rings. The van der Waals surface area contributed by atoms with Crippen LogP contribution in [-0.2, 0) is 11.3 Å². The Bertz CT molecular complexity index is 971. The van der Waals surface area contributed by atoms with Crippen molar-refractivity contribution >= 4 is 23.4 Å². The Labute approximate surface area is 165 Å². The van der Waals surface area contributed by atoms with Crippen LogP contribution < -0.4 is 5.32 Å². The molecular weight excluding hydrogens is 382 g/mol. The number of carbonyl (C=O) groups is 1. The lowest BCUT2D eigenvalue weighted by Gasteiger charge is -2.13. The quantitative estimate of drug-likeness (QED) is 0.468. The summed E-state index contributed by atoms with van der Waals surface area (Å²) < 4.78 is 29.3. The van der Waals surface area contributed by atoms with Gasteiger partial charge in [-0.3, -0.25) is 9.36 Å². The van der Waals surface area contributed by atoms with E-state index in [0.29, 0.717) is 17.5 Å². The van der Waals surface area contributed by atoms with Crippen molar-refractivity contribution in [2.24, 2.45) is 0 Å². The maximum atomic E-state index is 13.8. The number of carbonyl (C=O) groups excluding carboxylic acids is 1. The molecule has 8 heteroatoms. The number of anilines is 1. The summed E-state index contributed by atoms with van der Waals surface area (Å²) in [5.74, 6) is -1.54. The molecule has 0 saturated carbocycles. The van der Waals surface area contributed by atoms with Crippen molar-refractivity contribution < 1.29 is 13.6 Å². The van der Waals surface area contributed by atoms with E-state index in [1.807, 2.05) is 34.9 Å². The Morgan fingerprint density at radius 3 is 2.50 bits per heavy atom. The van der Waals surface area contributed by atoms with Gasteiger partial charge in [0.1, 0.15) is 17.3 Å². The smallest absolute Gasteiger partial charge is 0.237 e. The second kappa shape index (κ2) is 8.79. The standard InChI is InChI=1S/C20H18F2N4OS/c1-3-12-26-18(14-8-5-4-6-9-14)24-25-20(26)28-13(2)19(27)23-17-15(21)10-7-11-16(17)22/h3-11,13H,1,12H2,2H3,(H,23,27)/t13-/m0/s1. The molecule has 1 aromatic heterocycles. The number of rotatable bonds is 7. The SMILES string of the molecule is C=CCn1c(S[C@@H](C)C(=O)Nc2c(F)cccc2F)nnc1-c1ccccc1. The summed E-state index contributed by atoms with van der Waals surface area (Å²) in [5.41, 5.74) is 0.423. The van der Waals surface area contributed by atoms with Gasteiger partial charge < -0.3 is 5.32 Å². The van der Waals surface area contributed by atoms with Crippen molar-refractivity contribution in [2.75, 3.05) is 5.32 Å². The molecule has 0 spiro atoms. The highest BCUT2D eigenvalue weighted by Crippen LogP contribution is 2.28. The number of para-hydroxylation sites is 1. The summed E-state index contributed by atoms with van der Waals surface area (Å²) in [6, 6.07) is 12.9. The number of allylic oxidation sites excluding steroid dienone is 1. The number of hydrogen-bond acceptors (Lipinski definition) is 4. The van der Waals surface area contributed by atoms with Crippen molar-refractivity contribution in [1.82, 2.24) is 14.8 Å². The zero-order chi connectivity index (χ0) is 20.1. The Balaban J connectivity index is 1.80. The Kier molecular flexibility index (Phi) is 6.20. The first kappa shape index (κ1) is 19.8. The number of halogens is 2. The van der Waals surface area contributed by atoms with E-state index in [1.165, 1.54) is 6.07 Å². The number of nitrogens with one attached hydrogen (secondary N) is 1. The molecule has 0 fully saturated rings. The molecule has 28 heavy (non-hydrogen) atoms. The molecule has 0 radical (unpaired) electrons. The normalized spacial score (nSPS) is 11.8. The number of amides is 1. The second-order valence-electron chi connectivity index (χ2n) is 5.92. The number of aromatic nitrogens is 3. The van der Waals surface area contributed by atoms with E-state index in [4.69, 9.17) is 0 Å². The molecule has 3 aromatic rings. The average molecular weight is 400 g/mol. The van der Waals surface area contributed by atoms with E-state index in [9.17, 15) is 13.6 Å². The van der Waals surface area contributed by atoms with Gasteiger partial charge in [0.2, 0.25) is 5.91 Å². The monoisotopic (exact) mass is 400 g/mol. The summed E-state index contributed by atoms with van der Waals surface area (Å²) in [4.78, 5) is 12.4. The lowest BCUT2D eigenvalue weighted by atomic mass is 10.2. The molecule has 1 heterocycles. The van der Waals surface area contributed by atoms with Crippen molar-refractivity contribution in [3.8, 4) is 11.4 Å². The fourth-order valence-corrected chi connectivity index (χ4v) is 3.38. The zero-order valence-corrected chi connectivity index (χ0v) is 15.9. The largest absolute Gasteiger partial charge is 0.320 e. The van der Waals surface area contributed by atoms with Crippen LogP contribution in [0, 0.1) is 11.6 Å². The van der Waals surface area contributed by atoms with E-state index < -0.39 is 28.5 Å². The summed E-state index contributed by atoms with van der Waals surface area (Å²) in [6.07, 6.45) is 1.71. The van der Waals surface area contributed by atoms with Crippen molar-refractivity contribution in [1.29, 1.82) is 0 Å². The van der Waals surface area contributed by atoms with Crippen LogP contribution in [0.1, 0.15) is 6.92 Å². The first-order valence-corrected chi connectivity index (χ1v) is 9.40. The molecule has 0 bridgehead atoms. The fraction of sp³-hybridized carbons (Fsp3) is 0.150. The van der Waals surface area contributed by atoms with E-state index in [-0.39, 0.29) is 0 Å². The first-order valence-electron chi connectivity index (χ1n) is 8.52. The van der Waals surface area contributed by atoms with Crippen LogP contribution >= 0.6 is 11.8 Å². The lowest BCUT2D eigenvalue weighted by Crippen LogP contribution is -2.24. The Morgan fingerprint density at radius 1 is 1.18 bits per heavy atom. The van der Waals surface area contributed by atoms with E-state index in [0.717, 1.165) is 29.5 Å². The van der Waals surface area contributed by atoms with Crippen LogP contribution in [0.3, 0.4) is 0 Å². The predicted molar refractivity (Wildman–Crippen MR) is 106 cm³/mol. The molecule has 0 saturated heterocycles. The van der Waals surface area contributed by atoms with Crippen molar-refractivity contribution in [3.05, 3.63) is 72.8 Å². The molecule has 0 aliphatic heterocycles. The molecular formula is C20H18F2N4OS. The van der Waals surface area contributed by atoms with Gasteiger partial charge in [0.05, 0.1) is 5.25 Å². The van der Waals surface area contributed by atoms with Crippen molar-refractivity contribution in [2.45, 2.75) is 23.9 Å². The van der Waals surface area contributed by atoms with Gasteiger partial charge >= 0.3 is 0 Å². The van der Waals surface area contributed by atoms with Crippen LogP contribution in [0.15, 0.2) is 66.3 Å². The molecule has 1 atom stereocenters. The molecule has 0 aliphatic carbocycles. The van der Waals surface area contributed by atoms with Gasteiger partial charge in [0.25, 0.3) is 0 Å². The predicted octanol–water partition coefficient (Wildman–Crippen LogP) is 4.53. The highest BCUT2D eigenvalue weighted by atomic mass is 32.2. The summed E-state index contributed by atoms with van der Waals surface area (Å²) in [6.45, 7) is 5.84. The van der Waals surface area contributed by atoms with Gasteiger partial charge in [-0.05, 0) is 19.1 Å². The fourth-order valence-electron chi connectivity index (χ4n) is 2.52. The minimum Gasteiger partial charge on any atom is -0.320 e. The van der Waals surface area contributed by atoms with Crippen LogP contribution in [0.2, 0.25) is 0 Å². The number of thioether (sulfide) groups is 1. The van der Waals surface area contributed by atoms with Crippen LogP contribution in [0.4, 0.5) is 14.5 Å². The average Bonchev–Trinajstić information content (AvgIpc) is 3.08. The topological polar surface area (TPSA) is 59.8 Å². The highest BCUT2D eigenvalue weighted by molar-refractivity contribution is 8.00. The van der Waals surface area contributed by atoms with Gasteiger partial charge in [0.15, 0.2) is 11.0 Å². The maximum absolute atomic E-state index is 13.8. The third-order valence-electron chi connectivity index (χ3n) is 3.92. The van der Waals surface area contributed by atoms with E-state index in [2.05, 4.69) is 22.1 Å². The van der Waals surface area contributed by atoms with Crippen LogP contribution in [-0.4, -0.2) is 25.9 Å². The number of benzene rings is 2. The van der Waals surface area contributed by atoms with E-state index in [1.54, 1.807) is 13.0 Å². The van der Waals surface area contributed by atoms with Crippen molar-refractivity contribution in [3.63, 3.8) is 0 Å². The summed E-state index contributed by atoms with van der Waals surface area (Å²) in [5, 5.41) is 10.6. The zero-order valence-electron chi connectivity index (χ0n) is 15.1. The molecule has 5 nitrogen and oxygen atoms in total. The number of nitrogens with zero attached hydrogens (tertiary/aromatic N) is 3. The summed E-state index contributed by atoms with van der Waals surface area (Å²) in [7, 11) is 0. The minimum absolute atomic E-state index is 0.454. The van der Waals surface area contributed by atoms with Crippen LogP contribution in [0.25, 0.3) is 11.4 Å². The molecule has 2 aromatic carbocycles. The second-order valence-corrected chi connectivity index (χ2v) is 7.23. The molecule has 3 rings (SSSR count). The molecule has 1 N–H and O–H groups in total. The maximum Gasteiger partial charge on any atom is 0.237 e. The van der Waals surface area contributed by atoms with Gasteiger partial charge in [-0.2, -0.15) is 0 Å². The molecule has 1 amide bonds.